The average molecular weight is 371 g/mol. The molecule has 0 aliphatic rings. The van der Waals surface area contributed by atoms with Crippen LogP contribution in [0.5, 0.6) is 0 Å². The Kier molecular flexibility index (Phi) is 19.8. The summed E-state index contributed by atoms with van der Waals surface area (Å²) in [5.41, 5.74) is 0. The summed E-state index contributed by atoms with van der Waals surface area (Å²) in [6.45, 7) is 2.79. The second-order valence-electron chi connectivity index (χ2n) is 7.17. The fourth-order valence-corrected chi connectivity index (χ4v) is 2.83. The lowest BCUT2D eigenvalue weighted by molar-refractivity contribution is -0.143. The highest BCUT2D eigenvalue weighted by molar-refractivity contribution is 5.69. The molecule has 0 aromatic carbocycles. The van der Waals surface area contributed by atoms with Gasteiger partial charge in [0.2, 0.25) is 0 Å². The summed E-state index contributed by atoms with van der Waals surface area (Å²) in [5, 5.41) is 18.5. The molecule has 0 fully saturated rings. The summed E-state index contributed by atoms with van der Waals surface area (Å²) >= 11 is 0. The van der Waals surface area contributed by atoms with E-state index in [9.17, 15) is 9.90 Å². The number of unbranched alkanes of at least 4 members (excludes halogenated alkanes) is 9. The lowest BCUT2D eigenvalue weighted by Crippen LogP contribution is -2.06. The Morgan fingerprint density at radius 3 is 2.42 bits per heavy atom. The van der Waals surface area contributed by atoms with Crippen molar-refractivity contribution in [1.29, 1.82) is 0 Å². The lowest BCUT2D eigenvalue weighted by Gasteiger charge is -2.07. The zero-order valence-electron chi connectivity index (χ0n) is 17.0. The molecular weight excluding hydrogens is 328 g/mol. The summed E-state index contributed by atoms with van der Waals surface area (Å²) in [6, 6.07) is 0. The molecule has 1 unspecified atom stereocenters. The van der Waals surface area contributed by atoms with Crippen LogP contribution in [0, 0.1) is 0 Å². The maximum absolute atomic E-state index is 11.5. The third-order valence-electron chi connectivity index (χ3n) is 4.53. The summed E-state index contributed by atoms with van der Waals surface area (Å²) in [5.74, 6) is -0.112. The van der Waals surface area contributed by atoms with Gasteiger partial charge in [0.25, 0.3) is 0 Å². The van der Waals surface area contributed by atoms with Crippen molar-refractivity contribution in [3.8, 4) is 0 Å². The van der Waals surface area contributed by atoms with E-state index in [0.717, 1.165) is 51.4 Å². The maximum Gasteiger partial charge on any atom is 0.305 e. The Labute approximate surface area is 161 Å². The number of hydrogen-bond acceptors (Lipinski definition) is 4. The Morgan fingerprint density at radius 1 is 0.923 bits per heavy atom. The van der Waals surface area contributed by atoms with E-state index >= 15 is 0 Å². The fourth-order valence-electron chi connectivity index (χ4n) is 2.83. The van der Waals surface area contributed by atoms with Gasteiger partial charge in [0.05, 0.1) is 12.7 Å². The van der Waals surface area contributed by atoms with Gasteiger partial charge in [-0.25, -0.2) is 0 Å². The highest BCUT2D eigenvalue weighted by Crippen LogP contribution is 2.10. The minimum Gasteiger partial charge on any atom is -0.466 e. The molecule has 0 rings (SSSR count). The van der Waals surface area contributed by atoms with Gasteiger partial charge in [0, 0.05) is 13.0 Å². The number of carbonyl (C=O) groups excluding carboxylic acids is 1. The van der Waals surface area contributed by atoms with Crippen LogP contribution in [-0.2, 0) is 9.53 Å². The summed E-state index contributed by atoms with van der Waals surface area (Å²) in [7, 11) is 0. The van der Waals surface area contributed by atoms with Gasteiger partial charge < -0.3 is 14.9 Å². The predicted octanol–water partition coefficient (Wildman–Crippen LogP) is 5.31. The van der Waals surface area contributed by atoms with Crippen LogP contribution in [0.15, 0.2) is 12.2 Å². The molecule has 0 heterocycles. The van der Waals surface area contributed by atoms with Crippen molar-refractivity contribution in [3.63, 3.8) is 0 Å². The highest BCUT2D eigenvalue weighted by atomic mass is 16.5. The minimum atomic E-state index is -0.175. The number of hydrogen-bond donors (Lipinski definition) is 2. The summed E-state index contributed by atoms with van der Waals surface area (Å²) < 4.78 is 5.09. The van der Waals surface area contributed by atoms with E-state index in [1.807, 2.05) is 0 Å². The van der Waals surface area contributed by atoms with Crippen molar-refractivity contribution in [2.45, 2.75) is 109 Å². The first-order chi connectivity index (χ1) is 12.7. The van der Waals surface area contributed by atoms with Gasteiger partial charge in [-0.3, -0.25) is 4.79 Å². The molecule has 0 amide bonds. The Bertz CT molecular complexity index is 328. The molecule has 4 heteroatoms. The first kappa shape index (κ1) is 25.1. The van der Waals surface area contributed by atoms with Crippen LogP contribution in [0.3, 0.4) is 0 Å². The molecule has 0 saturated heterocycles. The van der Waals surface area contributed by atoms with E-state index < -0.39 is 0 Å². The molecule has 26 heavy (non-hydrogen) atoms. The van der Waals surface area contributed by atoms with Crippen LogP contribution >= 0.6 is 0 Å². The lowest BCUT2D eigenvalue weighted by atomic mass is 10.1. The van der Waals surface area contributed by atoms with Crippen LogP contribution in [-0.4, -0.2) is 35.5 Å². The molecule has 2 N–H and O–H groups in total. The van der Waals surface area contributed by atoms with E-state index in [2.05, 4.69) is 19.1 Å². The average Bonchev–Trinajstić information content (AvgIpc) is 2.64. The molecule has 0 bridgehead atoms. The van der Waals surface area contributed by atoms with Gasteiger partial charge in [-0.2, -0.15) is 0 Å². The number of aliphatic hydroxyl groups is 2. The van der Waals surface area contributed by atoms with E-state index in [4.69, 9.17) is 9.84 Å². The van der Waals surface area contributed by atoms with Gasteiger partial charge in [0.1, 0.15) is 0 Å². The molecule has 0 aromatic rings. The minimum absolute atomic E-state index is 0.112. The number of allylic oxidation sites excluding steroid dienone is 1. The number of esters is 1. The standard InChI is InChI=1S/C22H42O4/c1-2-3-4-11-16-21(24)17-12-9-7-5-6-8-10-13-18-22(25)26-20-15-14-19-23/h9,12,21,23-24H,2-8,10-11,13-20H2,1H3/b12-9+. The molecule has 1 atom stereocenters. The van der Waals surface area contributed by atoms with Gasteiger partial charge in [-0.1, -0.05) is 64.0 Å². The van der Waals surface area contributed by atoms with Crippen molar-refractivity contribution in [2.75, 3.05) is 13.2 Å². The van der Waals surface area contributed by atoms with Gasteiger partial charge >= 0.3 is 5.97 Å². The van der Waals surface area contributed by atoms with Crippen LogP contribution in [0.4, 0.5) is 0 Å². The topological polar surface area (TPSA) is 66.8 Å². The van der Waals surface area contributed by atoms with E-state index in [-0.39, 0.29) is 18.7 Å². The molecular formula is C22H42O4. The molecule has 0 spiro atoms. The third-order valence-corrected chi connectivity index (χ3v) is 4.53. The van der Waals surface area contributed by atoms with Crippen LogP contribution in [0.1, 0.15) is 103 Å². The zero-order valence-corrected chi connectivity index (χ0v) is 17.0. The molecule has 0 radical (unpaired) electrons. The quantitative estimate of drug-likeness (QED) is 0.184. The SMILES string of the molecule is CCCCCCC(O)C/C=C/CCCCCCCC(=O)OCCCCO. The monoisotopic (exact) mass is 370 g/mol. The predicted molar refractivity (Wildman–Crippen MR) is 108 cm³/mol. The smallest absolute Gasteiger partial charge is 0.305 e. The first-order valence-corrected chi connectivity index (χ1v) is 10.8. The van der Waals surface area contributed by atoms with Crippen molar-refractivity contribution in [3.05, 3.63) is 12.2 Å². The van der Waals surface area contributed by atoms with Crippen molar-refractivity contribution >= 4 is 5.97 Å². The maximum atomic E-state index is 11.5. The van der Waals surface area contributed by atoms with Crippen LogP contribution in [0.2, 0.25) is 0 Å². The number of aliphatic hydroxyl groups excluding tert-OH is 2. The second-order valence-corrected chi connectivity index (χ2v) is 7.17. The molecule has 0 aromatic heterocycles. The summed E-state index contributed by atoms with van der Waals surface area (Å²) in [6.07, 6.45) is 19.3. The van der Waals surface area contributed by atoms with Gasteiger partial charge in [0.15, 0.2) is 0 Å². The summed E-state index contributed by atoms with van der Waals surface area (Å²) in [4.78, 5) is 11.5. The first-order valence-electron chi connectivity index (χ1n) is 10.8. The van der Waals surface area contributed by atoms with Crippen molar-refractivity contribution < 1.29 is 19.7 Å². The van der Waals surface area contributed by atoms with Gasteiger partial charge in [-0.15, -0.1) is 0 Å². The van der Waals surface area contributed by atoms with E-state index in [0.29, 0.717) is 19.4 Å². The second kappa shape index (κ2) is 20.4. The van der Waals surface area contributed by atoms with E-state index in [1.54, 1.807) is 0 Å². The molecule has 0 aliphatic carbocycles. The Hall–Kier alpha value is -0.870. The largest absolute Gasteiger partial charge is 0.466 e. The van der Waals surface area contributed by atoms with Crippen LogP contribution < -0.4 is 0 Å². The van der Waals surface area contributed by atoms with Crippen molar-refractivity contribution in [2.24, 2.45) is 0 Å². The zero-order chi connectivity index (χ0) is 19.3. The van der Waals surface area contributed by atoms with Gasteiger partial charge in [-0.05, 0) is 44.9 Å². The van der Waals surface area contributed by atoms with E-state index in [1.165, 1.54) is 32.1 Å². The molecule has 154 valence electrons. The fraction of sp³-hybridized carbons (Fsp3) is 0.864. The number of ether oxygens (including phenoxy) is 1. The Morgan fingerprint density at radius 2 is 1.65 bits per heavy atom. The number of carbonyl (C=O) groups is 1. The van der Waals surface area contributed by atoms with Crippen LogP contribution in [0.25, 0.3) is 0 Å². The van der Waals surface area contributed by atoms with Crippen molar-refractivity contribution in [1.82, 2.24) is 0 Å². The normalized spacial score (nSPS) is 12.6. The third kappa shape index (κ3) is 19.5. The molecule has 0 saturated carbocycles. The molecule has 0 aliphatic heterocycles. The highest BCUT2D eigenvalue weighted by Gasteiger charge is 2.02. The molecule has 4 nitrogen and oxygen atoms in total. The number of rotatable bonds is 19. The Balaban J connectivity index is 3.30.